The van der Waals surface area contributed by atoms with Crippen molar-refractivity contribution in [3.05, 3.63) is 0 Å². The summed E-state index contributed by atoms with van der Waals surface area (Å²) in [5, 5.41) is 0. The van der Waals surface area contributed by atoms with Crippen molar-refractivity contribution in [1.82, 2.24) is 0 Å². The van der Waals surface area contributed by atoms with Crippen molar-refractivity contribution in [2.24, 2.45) is 0 Å². The van der Waals surface area contributed by atoms with Gasteiger partial charge in [0.05, 0.1) is 31.9 Å². The molecule has 0 aromatic rings. The van der Waals surface area contributed by atoms with E-state index >= 15 is 0 Å². The first-order valence-electron chi connectivity index (χ1n) is 8.24. The monoisotopic (exact) mass is 346 g/mol. The minimum Gasteiger partial charge on any atom is -0.325 e. The van der Waals surface area contributed by atoms with Crippen molar-refractivity contribution in [1.29, 1.82) is 0 Å². The molecule has 22 heavy (non-hydrogen) atoms. The van der Waals surface area contributed by atoms with E-state index in [2.05, 4.69) is 27.7 Å². The lowest BCUT2D eigenvalue weighted by atomic mass is 10.2. The van der Waals surface area contributed by atoms with Crippen LogP contribution in [0.2, 0.25) is 0 Å². The Hall–Kier alpha value is -0.270. The third-order valence-electron chi connectivity index (χ3n) is 4.26. The van der Waals surface area contributed by atoms with E-state index in [1.807, 2.05) is 0 Å². The number of alkyl halides is 2. The summed E-state index contributed by atoms with van der Waals surface area (Å²) < 4.78 is 53.2. The highest BCUT2D eigenvalue weighted by atomic mass is 32.2. The lowest BCUT2D eigenvalue weighted by Gasteiger charge is -2.34. The van der Waals surface area contributed by atoms with Crippen molar-refractivity contribution in [3.8, 4) is 0 Å². The maximum absolute atomic E-state index is 11.6. The van der Waals surface area contributed by atoms with Gasteiger partial charge in [0, 0.05) is 6.42 Å². The highest BCUT2D eigenvalue weighted by Crippen LogP contribution is 2.09. The highest BCUT2D eigenvalue weighted by molar-refractivity contribution is 7.85. The minimum absolute atomic E-state index is 0.133. The van der Waals surface area contributed by atoms with Gasteiger partial charge in [-0.1, -0.05) is 12.8 Å². The third kappa shape index (κ3) is 14.7. The third-order valence-corrected chi connectivity index (χ3v) is 5.06. The molecule has 0 unspecified atom stereocenters. The lowest BCUT2D eigenvalue weighted by molar-refractivity contribution is -0.921. The zero-order chi connectivity index (χ0) is 17.6. The average molecular weight is 347 g/mol. The lowest BCUT2D eigenvalue weighted by Crippen LogP contribution is -2.47. The van der Waals surface area contributed by atoms with Gasteiger partial charge in [0.15, 0.2) is 0 Å². The maximum Gasteiger partial charge on any atom is 0.264 e. The van der Waals surface area contributed by atoms with Crippen molar-refractivity contribution in [2.75, 3.05) is 31.9 Å². The SMILES string of the molecule is CC[N+](CC)(CC)CC.O=S(=O)(O)CCCCCCC(F)F. The molecule has 0 bridgehead atoms. The first-order valence-corrected chi connectivity index (χ1v) is 9.85. The van der Waals surface area contributed by atoms with E-state index in [0.29, 0.717) is 25.7 Å². The van der Waals surface area contributed by atoms with E-state index in [9.17, 15) is 17.2 Å². The van der Waals surface area contributed by atoms with Crippen LogP contribution in [-0.2, 0) is 10.1 Å². The van der Waals surface area contributed by atoms with Crippen LogP contribution in [-0.4, -0.2) is 55.8 Å². The van der Waals surface area contributed by atoms with Gasteiger partial charge >= 0.3 is 0 Å². The molecule has 0 heterocycles. The fourth-order valence-corrected chi connectivity index (χ4v) is 2.85. The molecule has 4 nitrogen and oxygen atoms in total. The van der Waals surface area contributed by atoms with Crippen LogP contribution in [0.15, 0.2) is 0 Å². The second kappa shape index (κ2) is 13.2. The Bertz CT molecular complexity index is 327. The molecule has 0 amide bonds. The Kier molecular flexibility index (Phi) is 14.4. The summed E-state index contributed by atoms with van der Waals surface area (Å²) in [7, 11) is -3.88. The Morgan fingerprint density at radius 2 is 1.27 bits per heavy atom. The van der Waals surface area contributed by atoms with Gasteiger partial charge in [-0.3, -0.25) is 4.55 Å². The van der Waals surface area contributed by atoms with Gasteiger partial charge in [-0.15, -0.1) is 0 Å². The van der Waals surface area contributed by atoms with Crippen LogP contribution in [0.4, 0.5) is 8.78 Å². The molecular weight excluding hydrogens is 312 g/mol. The van der Waals surface area contributed by atoms with Crippen molar-refractivity contribution in [3.63, 3.8) is 0 Å². The summed E-state index contributed by atoms with van der Waals surface area (Å²) in [6.07, 6.45) is -0.523. The maximum atomic E-state index is 11.6. The smallest absolute Gasteiger partial charge is 0.264 e. The van der Waals surface area contributed by atoms with E-state index in [0.717, 1.165) is 0 Å². The summed E-state index contributed by atoms with van der Waals surface area (Å²) in [6.45, 7) is 14.2. The first kappa shape index (κ1) is 24.0. The summed E-state index contributed by atoms with van der Waals surface area (Å²) in [5.74, 6) is -0.276. The molecule has 0 saturated heterocycles. The van der Waals surface area contributed by atoms with Gasteiger partial charge in [-0.2, -0.15) is 8.42 Å². The summed E-state index contributed by atoms with van der Waals surface area (Å²) >= 11 is 0. The van der Waals surface area contributed by atoms with Crippen LogP contribution in [0.1, 0.15) is 59.8 Å². The molecule has 0 atom stereocenters. The highest BCUT2D eigenvalue weighted by Gasteiger charge is 2.16. The van der Waals surface area contributed by atoms with Crippen molar-refractivity contribution >= 4 is 10.1 Å². The van der Waals surface area contributed by atoms with E-state index in [4.69, 9.17) is 4.55 Å². The Morgan fingerprint density at radius 3 is 1.55 bits per heavy atom. The second-order valence-corrected chi connectivity index (χ2v) is 7.06. The molecule has 0 aromatic carbocycles. The molecule has 0 aliphatic rings. The fraction of sp³-hybridized carbons (Fsp3) is 1.00. The van der Waals surface area contributed by atoms with E-state index < -0.39 is 16.5 Å². The predicted molar refractivity (Wildman–Crippen MR) is 87.9 cm³/mol. The minimum atomic E-state index is -3.88. The molecule has 0 spiro atoms. The molecule has 0 aliphatic heterocycles. The number of hydrogen-bond acceptors (Lipinski definition) is 2. The van der Waals surface area contributed by atoms with E-state index in [1.165, 1.54) is 30.7 Å². The largest absolute Gasteiger partial charge is 0.325 e. The number of rotatable bonds is 11. The van der Waals surface area contributed by atoms with Crippen LogP contribution in [0, 0.1) is 0 Å². The first-order chi connectivity index (χ1) is 10.2. The Balaban J connectivity index is 0. The number of hydrogen-bond donors (Lipinski definition) is 1. The van der Waals surface area contributed by atoms with Crippen LogP contribution in [0.5, 0.6) is 0 Å². The van der Waals surface area contributed by atoms with Crippen molar-refractivity contribution in [2.45, 2.75) is 66.2 Å². The number of quaternary nitrogens is 1. The normalized spacial score (nSPS) is 12.2. The summed E-state index contributed by atoms with van der Waals surface area (Å²) in [6, 6.07) is 0. The molecule has 136 valence electrons. The number of halogens is 2. The summed E-state index contributed by atoms with van der Waals surface area (Å²) in [5.41, 5.74) is 0. The quantitative estimate of drug-likeness (QED) is 0.350. The van der Waals surface area contributed by atoms with Crippen molar-refractivity contribution < 1.29 is 26.2 Å². The van der Waals surface area contributed by atoms with Gasteiger partial charge < -0.3 is 4.48 Å². The van der Waals surface area contributed by atoms with Gasteiger partial charge in [0.25, 0.3) is 10.1 Å². The van der Waals surface area contributed by atoms with Gasteiger partial charge in [0.1, 0.15) is 0 Å². The molecule has 1 N–H and O–H groups in total. The number of unbranched alkanes of at least 4 members (excludes halogenated alkanes) is 3. The topological polar surface area (TPSA) is 54.4 Å². The zero-order valence-electron chi connectivity index (χ0n) is 14.5. The second-order valence-electron chi connectivity index (χ2n) is 5.49. The fourth-order valence-electron chi connectivity index (χ4n) is 2.28. The molecule has 0 aliphatic carbocycles. The van der Waals surface area contributed by atoms with E-state index in [1.54, 1.807) is 0 Å². The molecule has 7 heteroatoms. The molecule has 0 aromatic heterocycles. The molecule has 0 radical (unpaired) electrons. The van der Waals surface area contributed by atoms with Crippen LogP contribution in [0.3, 0.4) is 0 Å². The van der Waals surface area contributed by atoms with Crippen LogP contribution < -0.4 is 0 Å². The van der Waals surface area contributed by atoms with Crippen LogP contribution in [0.25, 0.3) is 0 Å². The van der Waals surface area contributed by atoms with Gasteiger partial charge in [0.2, 0.25) is 6.43 Å². The Morgan fingerprint density at radius 1 is 0.864 bits per heavy atom. The predicted octanol–water partition coefficient (Wildman–Crippen LogP) is 3.97. The molecule has 0 fully saturated rings. The molecule has 0 saturated carbocycles. The van der Waals surface area contributed by atoms with Gasteiger partial charge in [-0.05, 0) is 40.5 Å². The zero-order valence-corrected chi connectivity index (χ0v) is 15.3. The summed E-state index contributed by atoms with van der Waals surface area (Å²) in [4.78, 5) is 0. The molecular formula is C15H34F2NO3S+. The van der Waals surface area contributed by atoms with Crippen LogP contribution >= 0.6 is 0 Å². The molecule has 0 rings (SSSR count). The standard InChI is InChI=1S/C8H20N.C7H14F2O3S/c1-5-9(6-2,7-3)8-4;8-7(9)5-3-1-2-4-6-13(10,11)12/h5-8H2,1-4H3;7H,1-6H2,(H,10,11,12)/q+1;. The Labute approximate surface area is 135 Å². The number of nitrogens with zero attached hydrogens (tertiary/aromatic N) is 1. The van der Waals surface area contributed by atoms with E-state index in [-0.39, 0.29) is 12.2 Å². The average Bonchev–Trinajstić information content (AvgIpc) is 2.45. The van der Waals surface area contributed by atoms with Gasteiger partial charge in [-0.25, -0.2) is 8.78 Å².